The Hall–Kier alpha value is -3.06. The Morgan fingerprint density at radius 1 is 0.906 bits per heavy atom. The molecule has 0 aliphatic carbocycles. The molecule has 0 spiro atoms. The second kappa shape index (κ2) is 11.5. The monoisotopic (exact) mass is 437 g/mol. The molecule has 2 N–H and O–H groups in total. The number of piperazine rings is 1. The minimum absolute atomic E-state index is 0.00654. The fraction of sp³-hybridized carbons (Fsp3) is 0.440. The van der Waals surface area contributed by atoms with Crippen LogP contribution >= 0.6 is 0 Å². The Kier molecular flexibility index (Phi) is 8.50. The lowest BCUT2D eigenvalue weighted by atomic mass is 10.0. The number of rotatable bonds is 8. The van der Waals surface area contributed by atoms with Crippen molar-refractivity contribution in [1.29, 1.82) is 0 Å². The molecule has 1 saturated heterocycles. The van der Waals surface area contributed by atoms with E-state index in [2.05, 4.69) is 73.9 Å². The number of nitrogens with one attached hydrogen (secondary N) is 2. The predicted molar refractivity (Wildman–Crippen MR) is 130 cm³/mol. The first kappa shape index (κ1) is 23.6. The summed E-state index contributed by atoms with van der Waals surface area (Å²) in [6, 6.07) is 18.9. The molecule has 1 aliphatic heterocycles. The lowest BCUT2D eigenvalue weighted by molar-refractivity contribution is -0.139. The number of anilines is 2. The predicted octanol–water partition coefficient (Wildman–Crippen LogP) is 2.26. The van der Waals surface area contributed by atoms with E-state index < -0.39 is 11.8 Å². The zero-order valence-corrected chi connectivity index (χ0v) is 19.4. The van der Waals surface area contributed by atoms with Crippen LogP contribution in [0.3, 0.4) is 0 Å². The van der Waals surface area contributed by atoms with Crippen LogP contribution in [-0.2, 0) is 9.59 Å². The van der Waals surface area contributed by atoms with Crippen molar-refractivity contribution in [3.05, 3.63) is 60.2 Å². The average Bonchev–Trinajstić information content (AvgIpc) is 2.83. The first-order valence-electron chi connectivity index (χ1n) is 11.4. The number of hydrogen-bond donors (Lipinski definition) is 2. The smallest absolute Gasteiger partial charge is 0.309 e. The van der Waals surface area contributed by atoms with Crippen LogP contribution in [-0.4, -0.2) is 70.1 Å². The van der Waals surface area contributed by atoms with E-state index in [0.29, 0.717) is 13.1 Å². The fourth-order valence-corrected chi connectivity index (χ4v) is 3.97. The van der Waals surface area contributed by atoms with Crippen molar-refractivity contribution in [2.24, 2.45) is 0 Å². The highest BCUT2D eigenvalue weighted by Gasteiger charge is 2.26. The maximum absolute atomic E-state index is 12.3. The molecule has 172 valence electrons. The van der Waals surface area contributed by atoms with Gasteiger partial charge < -0.3 is 20.4 Å². The highest BCUT2D eigenvalue weighted by Crippen LogP contribution is 2.25. The highest BCUT2D eigenvalue weighted by molar-refractivity contribution is 6.35. The molecule has 2 amide bonds. The third kappa shape index (κ3) is 6.23. The van der Waals surface area contributed by atoms with Crippen LogP contribution in [0, 0.1) is 0 Å². The second-order valence-corrected chi connectivity index (χ2v) is 8.33. The molecule has 2 aromatic carbocycles. The summed E-state index contributed by atoms with van der Waals surface area (Å²) in [5, 5.41) is 5.49. The molecule has 1 aliphatic rings. The Balaban J connectivity index is 1.69. The van der Waals surface area contributed by atoms with Gasteiger partial charge in [0.05, 0.1) is 6.04 Å². The summed E-state index contributed by atoms with van der Waals surface area (Å²) in [7, 11) is 4.04. The first-order chi connectivity index (χ1) is 15.5. The van der Waals surface area contributed by atoms with Crippen molar-refractivity contribution in [3.8, 4) is 0 Å². The van der Waals surface area contributed by atoms with Gasteiger partial charge in [0.25, 0.3) is 0 Å². The van der Waals surface area contributed by atoms with Crippen molar-refractivity contribution in [1.82, 2.24) is 15.5 Å². The third-order valence-corrected chi connectivity index (χ3v) is 5.87. The van der Waals surface area contributed by atoms with Crippen LogP contribution in [0.2, 0.25) is 0 Å². The average molecular weight is 438 g/mol. The summed E-state index contributed by atoms with van der Waals surface area (Å²) >= 11 is 0. The Bertz CT molecular complexity index is 862. The van der Waals surface area contributed by atoms with E-state index in [0.717, 1.165) is 43.9 Å². The van der Waals surface area contributed by atoms with E-state index in [-0.39, 0.29) is 6.04 Å². The topological polar surface area (TPSA) is 67.9 Å². The van der Waals surface area contributed by atoms with Crippen molar-refractivity contribution in [3.63, 3.8) is 0 Å². The number of carbonyl (C=O) groups is 2. The van der Waals surface area contributed by atoms with Gasteiger partial charge in [0.1, 0.15) is 0 Å². The maximum atomic E-state index is 12.3. The zero-order chi connectivity index (χ0) is 22.9. The summed E-state index contributed by atoms with van der Waals surface area (Å²) < 4.78 is 0. The van der Waals surface area contributed by atoms with Gasteiger partial charge in [-0.05, 0) is 36.2 Å². The molecule has 1 unspecified atom stereocenters. The SMILES string of the molecule is CCCNC(=O)C(=O)NCC(c1ccc(N(C)C)cc1)N1CCN(c2ccccc2)CC1. The lowest BCUT2D eigenvalue weighted by Crippen LogP contribution is -2.50. The third-order valence-electron chi connectivity index (χ3n) is 5.87. The first-order valence-corrected chi connectivity index (χ1v) is 11.4. The van der Waals surface area contributed by atoms with E-state index >= 15 is 0 Å². The summed E-state index contributed by atoms with van der Waals surface area (Å²) in [6.45, 7) is 6.46. The van der Waals surface area contributed by atoms with Gasteiger partial charge in [0.2, 0.25) is 0 Å². The summed E-state index contributed by atoms with van der Waals surface area (Å²) in [5.74, 6) is -1.14. The molecule has 2 aromatic rings. The second-order valence-electron chi connectivity index (χ2n) is 8.33. The summed E-state index contributed by atoms with van der Waals surface area (Å²) in [4.78, 5) is 31.1. The Labute approximate surface area is 191 Å². The Morgan fingerprint density at radius 3 is 2.12 bits per heavy atom. The summed E-state index contributed by atoms with van der Waals surface area (Å²) in [6.07, 6.45) is 0.797. The molecule has 1 fully saturated rings. The highest BCUT2D eigenvalue weighted by atomic mass is 16.2. The van der Waals surface area contributed by atoms with Crippen molar-refractivity contribution < 1.29 is 9.59 Å². The van der Waals surface area contributed by atoms with Crippen LogP contribution in [0.5, 0.6) is 0 Å². The standard InChI is InChI=1S/C25H35N5O2/c1-4-14-26-24(31)25(32)27-19-23(20-10-12-21(13-11-20)28(2)3)30-17-15-29(16-18-30)22-8-6-5-7-9-22/h5-13,23H,4,14-19H2,1-3H3,(H,26,31)(H,27,32). The van der Waals surface area contributed by atoms with Crippen molar-refractivity contribution >= 4 is 23.2 Å². The quantitative estimate of drug-likeness (QED) is 0.620. The molecule has 32 heavy (non-hydrogen) atoms. The number of nitrogens with zero attached hydrogens (tertiary/aromatic N) is 3. The molecule has 0 bridgehead atoms. The fourth-order valence-electron chi connectivity index (χ4n) is 3.97. The van der Waals surface area contributed by atoms with Gasteiger partial charge in [0, 0.05) is 64.7 Å². The van der Waals surface area contributed by atoms with Gasteiger partial charge in [-0.3, -0.25) is 14.5 Å². The molecule has 0 radical (unpaired) electrons. The number of amides is 2. The minimum Gasteiger partial charge on any atom is -0.378 e. The number of hydrogen-bond acceptors (Lipinski definition) is 5. The van der Waals surface area contributed by atoms with Gasteiger partial charge in [0.15, 0.2) is 0 Å². The summed E-state index contributed by atoms with van der Waals surface area (Å²) in [5.41, 5.74) is 3.50. The van der Waals surface area contributed by atoms with Crippen molar-refractivity contribution in [2.75, 3.05) is 63.2 Å². The van der Waals surface area contributed by atoms with Crippen LogP contribution in [0.1, 0.15) is 24.9 Å². The van der Waals surface area contributed by atoms with E-state index in [1.165, 1.54) is 5.69 Å². The van der Waals surface area contributed by atoms with Crippen LogP contribution < -0.4 is 20.4 Å². The zero-order valence-electron chi connectivity index (χ0n) is 19.4. The normalized spacial score (nSPS) is 15.2. The number of benzene rings is 2. The molecular weight excluding hydrogens is 402 g/mol. The molecule has 0 saturated carbocycles. The molecule has 7 heteroatoms. The number of carbonyl (C=O) groups excluding carboxylic acids is 2. The number of para-hydroxylation sites is 1. The molecular formula is C25H35N5O2. The van der Waals surface area contributed by atoms with Gasteiger partial charge in [-0.2, -0.15) is 0 Å². The van der Waals surface area contributed by atoms with Crippen LogP contribution in [0.25, 0.3) is 0 Å². The van der Waals surface area contributed by atoms with E-state index in [1.807, 2.05) is 27.1 Å². The maximum Gasteiger partial charge on any atom is 0.309 e. The molecule has 0 aromatic heterocycles. The van der Waals surface area contributed by atoms with Gasteiger partial charge >= 0.3 is 11.8 Å². The van der Waals surface area contributed by atoms with Gasteiger partial charge in [-0.25, -0.2) is 0 Å². The molecule has 1 heterocycles. The van der Waals surface area contributed by atoms with Crippen molar-refractivity contribution in [2.45, 2.75) is 19.4 Å². The van der Waals surface area contributed by atoms with E-state index in [9.17, 15) is 9.59 Å². The van der Waals surface area contributed by atoms with Gasteiger partial charge in [-0.1, -0.05) is 37.3 Å². The van der Waals surface area contributed by atoms with Gasteiger partial charge in [-0.15, -0.1) is 0 Å². The lowest BCUT2D eigenvalue weighted by Gasteiger charge is -2.40. The largest absolute Gasteiger partial charge is 0.378 e. The van der Waals surface area contributed by atoms with Crippen LogP contribution in [0.15, 0.2) is 54.6 Å². The molecule has 7 nitrogen and oxygen atoms in total. The van der Waals surface area contributed by atoms with E-state index in [4.69, 9.17) is 0 Å². The molecule has 1 atom stereocenters. The van der Waals surface area contributed by atoms with E-state index in [1.54, 1.807) is 0 Å². The van der Waals surface area contributed by atoms with Crippen LogP contribution in [0.4, 0.5) is 11.4 Å². The Morgan fingerprint density at radius 2 is 1.53 bits per heavy atom. The molecule has 3 rings (SSSR count). The minimum atomic E-state index is -0.573.